The van der Waals surface area contributed by atoms with Gasteiger partial charge in [-0.3, -0.25) is 15.5 Å². The molecule has 0 heterocycles. The van der Waals surface area contributed by atoms with Gasteiger partial charge in [-0.15, -0.1) is 0 Å². The number of methoxy groups -OCH3 is 1. The van der Waals surface area contributed by atoms with Gasteiger partial charge in [0, 0.05) is 0 Å². The molecule has 19 heavy (non-hydrogen) atoms. The van der Waals surface area contributed by atoms with Crippen molar-refractivity contribution in [3.8, 4) is 0 Å². The van der Waals surface area contributed by atoms with Crippen molar-refractivity contribution in [3.63, 3.8) is 0 Å². The molecule has 0 fully saturated rings. The van der Waals surface area contributed by atoms with E-state index in [0.29, 0.717) is 5.69 Å². The van der Waals surface area contributed by atoms with Crippen molar-refractivity contribution in [2.75, 3.05) is 7.11 Å². The van der Waals surface area contributed by atoms with Crippen molar-refractivity contribution in [3.05, 3.63) is 52.3 Å². The number of nitrogens with zero attached hydrogens (tertiary/aromatic N) is 2. The summed E-state index contributed by atoms with van der Waals surface area (Å²) in [6.45, 7) is 0. The van der Waals surface area contributed by atoms with E-state index in [1.807, 2.05) is 6.07 Å². The molecule has 0 aliphatic heterocycles. The summed E-state index contributed by atoms with van der Waals surface area (Å²) in [5, 5.41) is 10.7. The molecule has 0 aliphatic carbocycles. The first-order valence-electron chi connectivity index (χ1n) is 5.16. The summed E-state index contributed by atoms with van der Waals surface area (Å²) >= 11 is 0. The monoisotopic (exact) mass is 264 g/mol. The fraction of sp³-hybridized carbons (Fsp3) is 0.0909. The molecule has 2 N–H and O–H groups in total. The molecule has 0 saturated heterocycles. The van der Waals surface area contributed by atoms with E-state index >= 15 is 0 Å². The lowest BCUT2D eigenvalue weighted by atomic mass is 10.3. The van der Waals surface area contributed by atoms with Gasteiger partial charge in [0.2, 0.25) is 0 Å². The van der Waals surface area contributed by atoms with Crippen LogP contribution < -0.4 is 10.9 Å². The fourth-order valence-corrected chi connectivity index (χ4v) is 1.01. The third-order valence-corrected chi connectivity index (χ3v) is 1.89. The first-order chi connectivity index (χ1) is 9.13. The molecule has 1 aromatic rings. The van der Waals surface area contributed by atoms with Crippen molar-refractivity contribution in [2.24, 2.45) is 4.99 Å². The summed E-state index contributed by atoms with van der Waals surface area (Å²) in [5.74, 6) is 0. The van der Waals surface area contributed by atoms with Gasteiger partial charge in [-0.2, -0.15) is 0 Å². The second kappa shape index (κ2) is 7.43. The Kier molecular flexibility index (Phi) is 5.54. The molecular formula is C11H12N4O4. The lowest BCUT2D eigenvalue weighted by molar-refractivity contribution is -0.414. The van der Waals surface area contributed by atoms with Crippen LogP contribution in [0.3, 0.4) is 0 Å². The Labute approximate surface area is 108 Å². The topological polar surface area (TPSA) is 106 Å². The number of ether oxygens (including phenoxy) is 1. The second-order valence-electron chi connectivity index (χ2n) is 3.18. The number of carbonyl (C=O) groups excluding carboxylic acids is 1. The quantitative estimate of drug-likeness (QED) is 0.474. The minimum absolute atomic E-state index is 0.319. The van der Waals surface area contributed by atoms with E-state index in [1.54, 1.807) is 24.3 Å². The molecule has 0 unspecified atom stereocenters. The van der Waals surface area contributed by atoms with Crippen molar-refractivity contribution >= 4 is 18.0 Å². The summed E-state index contributed by atoms with van der Waals surface area (Å²) < 4.78 is 4.28. The molecule has 100 valence electrons. The van der Waals surface area contributed by atoms with Crippen molar-refractivity contribution in [1.82, 2.24) is 10.9 Å². The van der Waals surface area contributed by atoms with Crippen LogP contribution >= 0.6 is 0 Å². The number of para-hydroxylation sites is 1. The molecule has 1 rings (SSSR count). The highest BCUT2D eigenvalue weighted by Crippen LogP contribution is 2.09. The zero-order valence-corrected chi connectivity index (χ0v) is 10.1. The van der Waals surface area contributed by atoms with Gasteiger partial charge in [-0.05, 0) is 12.1 Å². The molecule has 0 spiro atoms. The molecule has 0 atom stereocenters. The van der Waals surface area contributed by atoms with Crippen LogP contribution in [-0.4, -0.2) is 24.3 Å². The van der Waals surface area contributed by atoms with Crippen LogP contribution in [0.5, 0.6) is 0 Å². The highest BCUT2D eigenvalue weighted by atomic mass is 16.6. The number of aliphatic imine (C=N–C) groups is 1. The summed E-state index contributed by atoms with van der Waals surface area (Å²) in [6.07, 6.45) is 1.30. The average Bonchev–Trinajstić information content (AvgIpc) is 2.43. The van der Waals surface area contributed by atoms with Gasteiger partial charge in [0.1, 0.15) is 6.21 Å². The molecule has 0 radical (unpaired) electrons. The number of nitrogens with one attached hydrogen (secondary N) is 2. The highest BCUT2D eigenvalue weighted by molar-refractivity contribution is 5.78. The van der Waals surface area contributed by atoms with E-state index < -0.39 is 11.0 Å². The number of hydrazine groups is 1. The smallest absolute Gasteiger partial charge is 0.425 e. The Bertz CT molecular complexity index is 499. The highest BCUT2D eigenvalue weighted by Gasteiger charge is 2.06. The number of allylic oxidation sites excluding steroid dienone is 1. The van der Waals surface area contributed by atoms with E-state index in [0.717, 1.165) is 12.4 Å². The SMILES string of the molecule is COC(=O)NN/C=C(\C=Nc1ccccc1)[N+](=O)[O-]. The molecule has 0 aromatic heterocycles. The zero-order chi connectivity index (χ0) is 14.1. The molecule has 1 aromatic carbocycles. The van der Waals surface area contributed by atoms with Crippen LogP contribution in [0, 0.1) is 10.1 Å². The number of hydrogen-bond acceptors (Lipinski definition) is 6. The maximum Gasteiger partial charge on any atom is 0.425 e. The number of hydrogen-bond donors (Lipinski definition) is 2. The predicted molar refractivity (Wildman–Crippen MR) is 68.3 cm³/mol. The van der Waals surface area contributed by atoms with Crippen LogP contribution in [0.2, 0.25) is 0 Å². The summed E-state index contributed by atoms with van der Waals surface area (Å²) in [4.78, 5) is 24.7. The minimum Gasteiger partial charge on any atom is -0.452 e. The van der Waals surface area contributed by atoms with E-state index in [-0.39, 0.29) is 5.70 Å². The molecule has 1 amide bonds. The Morgan fingerprint density at radius 2 is 2.11 bits per heavy atom. The maximum absolute atomic E-state index is 10.7. The van der Waals surface area contributed by atoms with E-state index in [9.17, 15) is 14.9 Å². The molecule has 8 nitrogen and oxygen atoms in total. The lowest BCUT2D eigenvalue weighted by Crippen LogP contribution is -2.34. The maximum atomic E-state index is 10.7. The second-order valence-corrected chi connectivity index (χ2v) is 3.18. The first kappa shape index (κ1) is 14.2. The summed E-state index contributed by atoms with van der Waals surface area (Å²) in [7, 11) is 1.17. The third-order valence-electron chi connectivity index (χ3n) is 1.89. The van der Waals surface area contributed by atoms with Gasteiger partial charge in [-0.1, -0.05) is 18.2 Å². The largest absolute Gasteiger partial charge is 0.452 e. The predicted octanol–water partition coefficient (Wildman–Crippen LogP) is 1.37. The summed E-state index contributed by atoms with van der Waals surface area (Å²) in [5.41, 5.74) is 4.56. The third kappa shape index (κ3) is 5.31. The Hall–Kier alpha value is -2.90. The van der Waals surface area contributed by atoms with Crippen molar-refractivity contribution in [1.29, 1.82) is 0 Å². The molecule has 8 heteroatoms. The van der Waals surface area contributed by atoms with Gasteiger partial charge in [0.15, 0.2) is 0 Å². The Morgan fingerprint density at radius 1 is 1.42 bits per heavy atom. The normalized spacial score (nSPS) is 11.1. The number of benzene rings is 1. The van der Waals surface area contributed by atoms with Crippen LogP contribution in [0.4, 0.5) is 10.5 Å². The van der Waals surface area contributed by atoms with Crippen molar-refractivity contribution in [2.45, 2.75) is 0 Å². The molecule has 0 aliphatic rings. The zero-order valence-electron chi connectivity index (χ0n) is 10.1. The number of rotatable bonds is 5. The van der Waals surface area contributed by atoms with E-state index in [1.165, 1.54) is 7.11 Å². The van der Waals surface area contributed by atoms with Crippen LogP contribution in [0.1, 0.15) is 0 Å². The van der Waals surface area contributed by atoms with Crippen LogP contribution in [0.25, 0.3) is 0 Å². The van der Waals surface area contributed by atoms with Crippen LogP contribution in [0.15, 0.2) is 47.2 Å². The average molecular weight is 264 g/mol. The summed E-state index contributed by atoms with van der Waals surface area (Å²) in [6, 6.07) is 8.74. The van der Waals surface area contributed by atoms with E-state index in [2.05, 4.69) is 20.6 Å². The standard InChI is InChI=1S/C11H12N4O4/c1-19-11(16)14-13-8-10(15(17)18)7-12-9-5-3-2-4-6-9/h2-8,13H,1H3,(H,14,16)/b10-8+,12-7?. The minimum atomic E-state index is -0.765. The Morgan fingerprint density at radius 3 is 2.68 bits per heavy atom. The lowest BCUT2D eigenvalue weighted by Gasteiger charge is -2.01. The van der Waals surface area contributed by atoms with Crippen LogP contribution in [-0.2, 0) is 4.74 Å². The Balaban J connectivity index is 2.68. The number of amides is 1. The van der Waals surface area contributed by atoms with Gasteiger partial charge in [0.25, 0.3) is 0 Å². The van der Waals surface area contributed by atoms with E-state index in [4.69, 9.17) is 0 Å². The molecular weight excluding hydrogens is 252 g/mol. The fourth-order valence-electron chi connectivity index (χ4n) is 1.01. The van der Waals surface area contributed by atoms with Gasteiger partial charge >= 0.3 is 11.8 Å². The van der Waals surface area contributed by atoms with Gasteiger partial charge < -0.3 is 4.74 Å². The number of carbonyl (C=O) groups is 1. The molecule has 0 saturated carbocycles. The first-order valence-corrected chi connectivity index (χ1v) is 5.16. The van der Waals surface area contributed by atoms with Crippen molar-refractivity contribution < 1.29 is 14.5 Å². The molecule has 0 bridgehead atoms. The van der Waals surface area contributed by atoms with Gasteiger partial charge in [0.05, 0.1) is 23.9 Å². The number of nitro groups is 1. The van der Waals surface area contributed by atoms with Gasteiger partial charge in [-0.25, -0.2) is 15.2 Å².